The van der Waals surface area contributed by atoms with E-state index in [0.717, 1.165) is 11.1 Å². The van der Waals surface area contributed by atoms with E-state index in [9.17, 15) is 14.9 Å². The van der Waals surface area contributed by atoms with Crippen molar-refractivity contribution in [2.75, 3.05) is 13.7 Å². The number of nitro groups is 1. The Hall–Kier alpha value is -3.09. The molecule has 0 saturated heterocycles. The monoisotopic (exact) mass is 330 g/mol. The Balaban J connectivity index is 1.87. The second-order valence-electron chi connectivity index (χ2n) is 5.14. The largest absolute Gasteiger partial charge is 0.490 e. The minimum absolute atomic E-state index is 0.0811. The fraction of sp³-hybridized carbons (Fsp3) is 0.235. The molecule has 7 heteroatoms. The number of rotatable bonds is 7. The Morgan fingerprint density at radius 1 is 1.21 bits per heavy atom. The van der Waals surface area contributed by atoms with Crippen LogP contribution in [0.15, 0.2) is 42.5 Å². The molecule has 0 heterocycles. The molecule has 0 aliphatic carbocycles. The van der Waals surface area contributed by atoms with Gasteiger partial charge in [0.1, 0.15) is 5.75 Å². The maximum absolute atomic E-state index is 11.8. The SMILES string of the molecule is COc1cc(OCC(=O)NCc2ccc(C)cc2)ccc1[N+](=O)[O-]. The molecule has 2 rings (SSSR count). The number of hydrogen-bond donors (Lipinski definition) is 1. The highest BCUT2D eigenvalue weighted by atomic mass is 16.6. The lowest BCUT2D eigenvalue weighted by atomic mass is 10.1. The van der Waals surface area contributed by atoms with Gasteiger partial charge < -0.3 is 14.8 Å². The van der Waals surface area contributed by atoms with Gasteiger partial charge in [-0.15, -0.1) is 0 Å². The number of carbonyl (C=O) groups excluding carboxylic acids is 1. The van der Waals surface area contributed by atoms with Gasteiger partial charge >= 0.3 is 5.69 Å². The molecule has 0 unspecified atom stereocenters. The number of ether oxygens (including phenoxy) is 2. The van der Waals surface area contributed by atoms with E-state index in [4.69, 9.17) is 9.47 Å². The van der Waals surface area contributed by atoms with Crippen molar-refractivity contribution in [3.8, 4) is 11.5 Å². The molecule has 0 spiro atoms. The Kier molecular flexibility index (Phi) is 5.73. The van der Waals surface area contributed by atoms with Crippen LogP contribution in [-0.4, -0.2) is 24.5 Å². The van der Waals surface area contributed by atoms with E-state index in [0.29, 0.717) is 12.3 Å². The van der Waals surface area contributed by atoms with Gasteiger partial charge in [0, 0.05) is 18.7 Å². The molecule has 0 atom stereocenters. The Bertz CT molecular complexity index is 728. The number of aryl methyl sites for hydroxylation is 1. The lowest BCUT2D eigenvalue weighted by Crippen LogP contribution is -2.28. The van der Waals surface area contributed by atoms with Crippen molar-refractivity contribution in [2.24, 2.45) is 0 Å². The molecular formula is C17H18N2O5. The first-order valence-electron chi connectivity index (χ1n) is 7.27. The van der Waals surface area contributed by atoms with Crippen LogP contribution in [0.1, 0.15) is 11.1 Å². The van der Waals surface area contributed by atoms with Crippen LogP contribution in [0.3, 0.4) is 0 Å². The van der Waals surface area contributed by atoms with Crippen molar-refractivity contribution in [1.29, 1.82) is 0 Å². The van der Waals surface area contributed by atoms with Crippen molar-refractivity contribution >= 4 is 11.6 Å². The first-order chi connectivity index (χ1) is 11.5. The van der Waals surface area contributed by atoms with Crippen LogP contribution in [0.4, 0.5) is 5.69 Å². The summed E-state index contributed by atoms with van der Waals surface area (Å²) in [6, 6.07) is 11.9. The fourth-order valence-corrected chi connectivity index (χ4v) is 2.01. The average molecular weight is 330 g/mol. The van der Waals surface area contributed by atoms with Crippen molar-refractivity contribution in [3.63, 3.8) is 0 Å². The van der Waals surface area contributed by atoms with Crippen molar-refractivity contribution < 1.29 is 19.2 Å². The van der Waals surface area contributed by atoms with Crippen molar-refractivity contribution in [2.45, 2.75) is 13.5 Å². The minimum atomic E-state index is -0.545. The molecule has 0 aromatic heterocycles. The molecule has 1 N–H and O–H groups in total. The average Bonchev–Trinajstić information content (AvgIpc) is 2.59. The topological polar surface area (TPSA) is 90.7 Å². The molecule has 2 aromatic carbocycles. The van der Waals surface area contributed by atoms with E-state index in [1.54, 1.807) is 0 Å². The summed E-state index contributed by atoms with van der Waals surface area (Å²) in [5.74, 6) is 0.119. The van der Waals surface area contributed by atoms with Crippen LogP contribution in [0.25, 0.3) is 0 Å². The highest BCUT2D eigenvalue weighted by Crippen LogP contribution is 2.30. The van der Waals surface area contributed by atoms with Gasteiger partial charge in [0.2, 0.25) is 5.75 Å². The predicted octanol–water partition coefficient (Wildman–Crippen LogP) is 2.61. The fourth-order valence-electron chi connectivity index (χ4n) is 2.01. The van der Waals surface area contributed by atoms with Gasteiger partial charge in [0.15, 0.2) is 6.61 Å². The highest BCUT2D eigenvalue weighted by Gasteiger charge is 2.15. The maximum Gasteiger partial charge on any atom is 0.311 e. The third-order valence-corrected chi connectivity index (χ3v) is 3.33. The highest BCUT2D eigenvalue weighted by molar-refractivity contribution is 5.77. The standard InChI is InChI=1S/C17H18N2O5/c1-12-3-5-13(6-4-12)10-18-17(20)11-24-14-7-8-15(19(21)22)16(9-14)23-2/h3-9H,10-11H2,1-2H3,(H,18,20). The van der Waals surface area contributed by atoms with Gasteiger partial charge in [-0.25, -0.2) is 0 Å². The Labute approximate surface area is 139 Å². The summed E-state index contributed by atoms with van der Waals surface area (Å²) in [7, 11) is 1.33. The van der Waals surface area contributed by atoms with Gasteiger partial charge in [-0.3, -0.25) is 14.9 Å². The summed E-state index contributed by atoms with van der Waals surface area (Å²) in [5, 5.41) is 13.6. The Morgan fingerprint density at radius 2 is 1.92 bits per heavy atom. The summed E-state index contributed by atoms with van der Waals surface area (Å²) >= 11 is 0. The van der Waals surface area contributed by atoms with Crippen molar-refractivity contribution in [1.82, 2.24) is 5.32 Å². The molecule has 0 fully saturated rings. The second kappa shape index (κ2) is 7.96. The number of benzene rings is 2. The number of nitrogens with zero attached hydrogens (tertiary/aromatic N) is 1. The zero-order chi connectivity index (χ0) is 17.5. The van der Waals surface area contributed by atoms with Gasteiger partial charge in [-0.2, -0.15) is 0 Å². The van der Waals surface area contributed by atoms with E-state index >= 15 is 0 Å². The van der Waals surface area contributed by atoms with Crippen LogP contribution < -0.4 is 14.8 Å². The van der Waals surface area contributed by atoms with E-state index in [1.807, 2.05) is 31.2 Å². The normalized spacial score (nSPS) is 10.1. The maximum atomic E-state index is 11.8. The minimum Gasteiger partial charge on any atom is -0.490 e. The van der Waals surface area contributed by atoms with Gasteiger partial charge in [-0.1, -0.05) is 29.8 Å². The third kappa shape index (κ3) is 4.70. The predicted molar refractivity (Wildman–Crippen MR) is 88.2 cm³/mol. The zero-order valence-electron chi connectivity index (χ0n) is 13.4. The lowest BCUT2D eigenvalue weighted by Gasteiger charge is -2.09. The van der Waals surface area contributed by atoms with E-state index in [-0.39, 0.29) is 24.0 Å². The molecule has 0 aliphatic rings. The number of nitro benzene ring substituents is 1. The van der Waals surface area contributed by atoms with E-state index in [2.05, 4.69) is 5.32 Å². The molecule has 0 saturated carbocycles. The van der Waals surface area contributed by atoms with Crippen LogP contribution in [0, 0.1) is 17.0 Å². The lowest BCUT2D eigenvalue weighted by molar-refractivity contribution is -0.385. The van der Waals surface area contributed by atoms with Gasteiger partial charge in [0.25, 0.3) is 5.91 Å². The van der Waals surface area contributed by atoms with Crippen LogP contribution >= 0.6 is 0 Å². The number of hydrogen-bond acceptors (Lipinski definition) is 5. The van der Waals surface area contributed by atoms with E-state index in [1.165, 1.54) is 25.3 Å². The van der Waals surface area contributed by atoms with Gasteiger partial charge in [-0.05, 0) is 18.6 Å². The van der Waals surface area contributed by atoms with Crippen LogP contribution in [-0.2, 0) is 11.3 Å². The molecule has 0 radical (unpaired) electrons. The third-order valence-electron chi connectivity index (χ3n) is 3.33. The van der Waals surface area contributed by atoms with Gasteiger partial charge in [0.05, 0.1) is 12.0 Å². The smallest absolute Gasteiger partial charge is 0.311 e. The molecule has 24 heavy (non-hydrogen) atoms. The number of methoxy groups -OCH3 is 1. The quantitative estimate of drug-likeness (QED) is 0.622. The molecule has 7 nitrogen and oxygen atoms in total. The van der Waals surface area contributed by atoms with Crippen molar-refractivity contribution in [3.05, 3.63) is 63.7 Å². The molecule has 0 aliphatic heterocycles. The van der Waals surface area contributed by atoms with E-state index < -0.39 is 4.92 Å². The summed E-state index contributed by atoms with van der Waals surface area (Å²) in [5.41, 5.74) is 1.99. The summed E-state index contributed by atoms with van der Waals surface area (Å²) in [6.45, 7) is 2.22. The first-order valence-corrected chi connectivity index (χ1v) is 7.27. The summed E-state index contributed by atoms with van der Waals surface area (Å²) in [4.78, 5) is 22.1. The number of nitrogens with one attached hydrogen (secondary N) is 1. The second-order valence-corrected chi connectivity index (χ2v) is 5.14. The summed E-state index contributed by atoms with van der Waals surface area (Å²) < 4.78 is 10.3. The molecule has 1 amide bonds. The van der Waals surface area contributed by atoms with Crippen LogP contribution in [0.2, 0.25) is 0 Å². The zero-order valence-corrected chi connectivity index (χ0v) is 13.4. The molecule has 2 aromatic rings. The number of amides is 1. The first kappa shape index (κ1) is 17.3. The number of carbonyl (C=O) groups is 1. The molecule has 0 bridgehead atoms. The van der Waals surface area contributed by atoms with Crippen LogP contribution in [0.5, 0.6) is 11.5 Å². The molecule has 126 valence electrons. The summed E-state index contributed by atoms with van der Waals surface area (Å²) in [6.07, 6.45) is 0. The Morgan fingerprint density at radius 3 is 2.54 bits per heavy atom. The molecular weight excluding hydrogens is 312 g/mol.